The molecule has 5 heterocycles. The van der Waals surface area contributed by atoms with Crippen molar-refractivity contribution >= 4 is 64.6 Å². The molecular formula is C22H20N8O7S3. The van der Waals surface area contributed by atoms with Crippen LogP contribution >= 0.6 is 34.9 Å². The number of nitrogens with zero attached hydrogens (tertiary/aromatic N) is 6. The van der Waals surface area contributed by atoms with Gasteiger partial charge in [-0.15, -0.1) is 28.2 Å². The van der Waals surface area contributed by atoms with E-state index in [1.54, 1.807) is 24.6 Å². The Morgan fingerprint density at radius 2 is 2.15 bits per heavy atom. The summed E-state index contributed by atoms with van der Waals surface area (Å²) in [6, 6.07) is 0.769. The zero-order valence-corrected chi connectivity index (χ0v) is 22.9. The fourth-order valence-corrected chi connectivity index (χ4v) is 7.36. The zero-order valence-electron chi connectivity index (χ0n) is 20.5. The number of primary amides is 1. The van der Waals surface area contributed by atoms with E-state index in [1.165, 1.54) is 40.5 Å². The van der Waals surface area contributed by atoms with Crippen molar-refractivity contribution in [2.24, 2.45) is 12.8 Å². The highest BCUT2D eigenvalue weighted by Crippen LogP contribution is 2.42. The van der Waals surface area contributed by atoms with Gasteiger partial charge in [0, 0.05) is 23.4 Å². The number of thioether (sulfide) groups is 2. The van der Waals surface area contributed by atoms with Gasteiger partial charge in [0.2, 0.25) is 11.1 Å². The molecule has 1 fully saturated rings. The summed E-state index contributed by atoms with van der Waals surface area (Å²) in [5.74, 6) is -3.09. The summed E-state index contributed by atoms with van der Waals surface area (Å²) in [4.78, 5) is 66.5. The van der Waals surface area contributed by atoms with E-state index in [2.05, 4.69) is 20.8 Å². The number of carboxylic acids is 1. The number of tetrazole rings is 1. The minimum Gasteiger partial charge on any atom is -0.477 e. The number of β-lactam (4-membered cyclic amide) rings is 1. The maximum atomic E-state index is 13.6. The monoisotopic (exact) mass is 604 g/mol. The number of nitrogens with two attached hydrogens (primary N) is 1. The number of aliphatic carboxylic acids is 1. The zero-order chi connectivity index (χ0) is 28.6. The molecule has 18 heteroatoms. The lowest BCUT2D eigenvalue weighted by molar-refractivity contribution is -0.151. The lowest BCUT2D eigenvalue weighted by Gasteiger charge is -2.49. The van der Waals surface area contributed by atoms with Crippen molar-refractivity contribution in [3.63, 3.8) is 0 Å². The molecule has 1 saturated heterocycles. The molecule has 0 saturated carbocycles. The summed E-state index contributed by atoms with van der Waals surface area (Å²) in [5.41, 5.74) is 5.87. The number of thiophene rings is 1. The lowest BCUT2D eigenvalue weighted by atomic mass is 10.0. The first kappa shape index (κ1) is 27.4. The van der Waals surface area contributed by atoms with Crippen LogP contribution in [0, 0.1) is 0 Å². The summed E-state index contributed by atoms with van der Waals surface area (Å²) in [6.07, 6.45) is 2.35. The van der Waals surface area contributed by atoms with Gasteiger partial charge in [-0.1, -0.05) is 17.8 Å². The van der Waals surface area contributed by atoms with E-state index in [0.717, 1.165) is 22.5 Å². The van der Waals surface area contributed by atoms with Crippen molar-refractivity contribution in [1.29, 1.82) is 0 Å². The molecule has 4 N–H and O–H groups in total. The average molecular weight is 605 g/mol. The van der Waals surface area contributed by atoms with Crippen LogP contribution in [0.5, 0.6) is 0 Å². The summed E-state index contributed by atoms with van der Waals surface area (Å²) in [5, 5.41) is 25.1. The molecule has 3 atom stereocenters. The Bertz CT molecular complexity index is 1500. The van der Waals surface area contributed by atoms with E-state index in [1.807, 2.05) is 0 Å². The quantitative estimate of drug-likeness (QED) is 0.227. The van der Waals surface area contributed by atoms with Crippen molar-refractivity contribution in [3.8, 4) is 0 Å². The third-order valence-corrected chi connectivity index (χ3v) is 9.41. The Balaban J connectivity index is 1.37. The van der Waals surface area contributed by atoms with Gasteiger partial charge in [-0.3, -0.25) is 19.3 Å². The van der Waals surface area contributed by atoms with Crippen LogP contribution in [0.4, 0.5) is 4.79 Å². The molecule has 5 amide bonds. The highest BCUT2D eigenvalue weighted by molar-refractivity contribution is 8.01. The molecule has 5 rings (SSSR count). The predicted octanol–water partition coefficient (Wildman–Crippen LogP) is 0.658. The molecule has 208 valence electrons. The van der Waals surface area contributed by atoms with Crippen molar-refractivity contribution in [2.75, 3.05) is 11.5 Å². The molecule has 0 spiro atoms. The number of fused-ring (bicyclic) bond motifs is 1. The highest BCUT2D eigenvalue weighted by atomic mass is 32.2. The molecule has 15 nitrogen and oxygen atoms in total. The summed E-state index contributed by atoms with van der Waals surface area (Å²) in [6.45, 7) is 0. The number of hydrogen-bond donors (Lipinski definition) is 3. The van der Waals surface area contributed by atoms with Crippen LogP contribution in [0.25, 0.3) is 0 Å². The van der Waals surface area contributed by atoms with E-state index in [-0.39, 0.29) is 22.8 Å². The predicted molar refractivity (Wildman–Crippen MR) is 141 cm³/mol. The van der Waals surface area contributed by atoms with Gasteiger partial charge in [-0.25, -0.2) is 19.2 Å². The number of urea groups is 1. The molecule has 2 aliphatic heterocycles. The maximum Gasteiger partial charge on any atom is 0.352 e. The van der Waals surface area contributed by atoms with Crippen molar-refractivity contribution in [1.82, 2.24) is 35.3 Å². The number of carbonyl (C=O) groups is 5. The van der Waals surface area contributed by atoms with Crippen LogP contribution in [0.2, 0.25) is 0 Å². The molecule has 0 aliphatic carbocycles. The standard InChI is InChI=1S/C22H20N8O7S3/c1-28-22(25-26-27-28)40-9-11-8-39-19-13(18(33)29(19)14(11)20(34)35)24-16(31)15(12-3-2-6-38-12)30(21(23)36)17(32)10-4-5-37-7-10/h2-7,13,15,19H,8-9H2,1H3,(H2,23,36)(H,24,31)(H,34,35)/t13-,15?,19-/m0/s1. The van der Waals surface area contributed by atoms with E-state index >= 15 is 0 Å². The first-order valence-electron chi connectivity index (χ1n) is 11.4. The number of carbonyl (C=O) groups excluding carboxylic acids is 4. The van der Waals surface area contributed by atoms with Gasteiger partial charge in [-0.2, -0.15) is 0 Å². The van der Waals surface area contributed by atoms with Gasteiger partial charge in [0.05, 0.1) is 11.8 Å². The van der Waals surface area contributed by atoms with E-state index < -0.39 is 47.2 Å². The Morgan fingerprint density at radius 1 is 1.35 bits per heavy atom. The van der Waals surface area contributed by atoms with Crippen LogP contribution in [0.3, 0.4) is 0 Å². The van der Waals surface area contributed by atoms with Gasteiger partial charge >= 0.3 is 12.0 Å². The van der Waals surface area contributed by atoms with E-state index in [0.29, 0.717) is 20.5 Å². The largest absolute Gasteiger partial charge is 0.477 e. The van der Waals surface area contributed by atoms with Crippen LogP contribution in [-0.2, 0) is 21.4 Å². The average Bonchev–Trinajstić information content (AvgIpc) is 3.71. The minimum atomic E-state index is -1.48. The molecule has 0 aromatic carbocycles. The number of carboxylic acid groups (broad SMARTS) is 1. The van der Waals surface area contributed by atoms with Crippen LogP contribution in [0.15, 0.2) is 56.9 Å². The Kier molecular flexibility index (Phi) is 7.63. The number of amides is 5. The summed E-state index contributed by atoms with van der Waals surface area (Å²) >= 11 is 3.63. The fourth-order valence-electron chi connectivity index (χ4n) is 4.21. The Morgan fingerprint density at radius 3 is 2.75 bits per heavy atom. The highest BCUT2D eigenvalue weighted by Gasteiger charge is 2.55. The Labute approximate surface area is 237 Å². The number of imide groups is 1. The minimum absolute atomic E-state index is 0.000582. The van der Waals surface area contributed by atoms with E-state index in [4.69, 9.17) is 10.2 Å². The third kappa shape index (κ3) is 4.95. The lowest BCUT2D eigenvalue weighted by Crippen LogP contribution is -2.71. The molecule has 3 aromatic rings. The third-order valence-electron chi connectivity index (χ3n) is 6.05. The first-order valence-corrected chi connectivity index (χ1v) is 14.3. The molecule has 0 bridgehead atoms. The normalized spacial score (nSPS) is 19.0. The molecule has 3 aromatic heterocycles. The number of furan rings is 1. The van der Waals surface area contributed by atoms with Crippen molar-refractivity contribution in [2.45, 2.75) is 22.6 Å². The van der Waals surface area contributed by atoms with Gasteiger partial charge in [-0.05, 0) is 33.5 Å². The second-order valence-electron chi connectivity index (χ2n) is 8.47. The molecule has 2 aliphatic rings. The van der Waals surface area contributed by atoms with Crippen LogP contribution in [0.1, 0.15) is 21.3 Å². The fraction of sp³-hybridized carbons (Fsp3) is 0.273. The molecule has 1 unspecified atom stereocenters. The van der Waals surface area contributed by atoms with E-state index in [9.17, 15) is 29.1 Å². The van der Waals surface area contributed by atoms with Crippen LogP contribution < -0.4 is 11.1 Å². The van der Waals surface area contributed by atoms with Crippen molar-refractivity contribution < 1.29 is 33.5 Å². The van der Waals surface area contributed by atoms with Gasteiger partial charge in [0.25, 0.3) is 11.8 Å². The number of aryl methyl sites for hydroxylation is 1. The molecular weight excluding hydrogens is 584 g/mol. The second-order valence-corrected chi connectivity index (χ2v) is 11.5. The Hall–Kier alpha value is -4.16. The van der Waals surface area contributed by atoms with Crippen molar-refractivity contribution in [3.05, 3.63) is 57.8 Å². The van der Waals surface area contributed by atoms with Crippen LogP contribution in [-0.4, -0.2) is 87.8 Å². The molecule has 40 heavy (non-hydrogen) atoms. The summed E-state index contributed by atoms with van der Waals surface area (Å²) < 4.78 is 6.37. The first-order chi connectivity index (χ1) is 19.2. The number of hydrogen-bond acceptors (Lipinski definition) is 12. The SMILES string of the molecule is Cn1nnnc1SCC1=C(C(=O)O)N2C(=O)[C@H](NC(=O)C(c3cccs3)N(C(N)=O)C(=O)c3ccoc3)[C@@H]2SC1. The summed E-state index contributed by atoms with van der Waals surface area (Å²) in [7, 11) is 1.65. The van der Waals surface area contributed by atoms with Gasteiger partial charge in [0.1, 0.15) is 23.4 Å². The van der Waals surface area contributed by atoms with Gasteiger partial charge in [0.15, 0.2) is 6.04 Å². The smallest absolute Gasteiger partial charge is 0.352 e. The number of rotatable bonds is 9. The van der Waals surface area contributed by atoms with Gasteiger partial charge < -0.3 is 20.6 Å². The molecule has 0 radical (unpaired) electrons. The number of nitrogens with one attached hydrogen (secondary N) is 1. The maximum absolute atomic E-state index is 13.6. The number of aromatic nitrogens is 4. The second kappa shape index (κ2) is 11.1. The topological polar surface area (TPSA) is 207 Å².